The summed E-state index contributed by atoms with van der Waals surface area (Å²) in [6.45, 7) is 3.76. The number of amidine groups is 1. The van der Waals surface area contributed by atoms with Crippen molar-refractivity contribution >= 4 is 5.84 Å². The molecule has 4 heteroatoms. The van der Waals surface area contributed by atoms with Gasteiger partial charge in [0.15, 0.2) is 5.84 Å². The molecule has 0 bridgehead atoms. The van der Waals surface area contributed by atoms with Crippen LogP contribution in [0.2, 0.25) is 0 Å². The molecule has 0 aliphatic heterocycles. The van der Waals surface area contributed by atoms with E-state index in [9.17, 15) is 0 Å². The number of oxime groups is 1. The molecule has 0 radical (unpaired) electrons. The Labute approximate surface area is 72.8 Å². The van der Waals surface area contributed by atoms with Gasteiger partial charge in [0.05, 0.1) is 12.1 Å². The molecule has 2 atom stereocenters. The predicted molar refractivity (Wildman–Crippen MR) is 48.9 cm³/mol. The molecule has 0 amide bonds. The molecular formula is C8H15N3O. The van der Waals surface area contributed by atoms with Gasteiger partial charge in [-0.15, -0.1) is 6.42 Å². The van der Waals surface area contributed by atoms with Gasteiger partial charge in [-0.05, 0) is 13.3 Å². The summed E-state index contributed by atoms with van der Waals surface area (Å²) in [6.07, 6.45) is 6.04. The molecule has 2 unspecified atom stereocenters. The second-order valence-electron chi connectivity index (χ2n) is 2.54. The van der Waals surface area contributed by atoms with Gasteiger partial charge in [-0.1, -0.05) is 18.0 Å². The van der Waals surface area contributed by atoms with Crippen molar-refractivity contribution < 1.29 is 5.21 Å². The van der Waals surface area contributed by atoms with Gasteiger partial charge in [0.25, 0.3) is 0 Å². The third-order valence-corrected chi connectivity index (χ3v) is 1.62. The van der Waals surface area contributed by atoms with E-state index in [2.05, 4.69) is 16.4 Å². The van der Waals surface area contributed by atoms with Crippen LogP contribution in [-0.4, -0.2) is 23.1 Å². The summed E-state index contributed by atoms with van der Waals surface area (Å²) in [5, 5.41) is 14.2. The van der Waals surface area contributed by atoms with Crippen molar-refractivity contribution in [3.8, 4) is 12.3 Å². The summed E-state index contributed by atoms with van der Waals surface area (Å²) in [5.41, 5.74) is 5.34. The van der Waals surface area contributed by atoms with E-state index in [1.54, 1.807) is 6.92 Å². The largest absolute Gasteiger partial charge is 0.409 e. The highest BCUT2D eigenvalue weighted by Crippen LogP contribution is 1.91. The molecule has 0 aliphatic rings. The lowest BCUT2D eigenvalue weighted by Gasteiger charge is -2.16. The van der Waals surface area contributed by atoms with Gasteiger partial charge in [0.2, 0.25) is 0 Å². The highest BCUT2D eigenvalue weighted by Gasteiger charge is 2.10. The van der Waals surface area contributed by atoms with Gasteiger partial charge in [0.1, 0.15) is 0 Å². The van der Waals surface area contributed by atoms with Crippen LogP contribution >= 0.6 is 0 Å². The van der Waals surface area contributed by atoms with Crippen molar-refractivity contribution in [3.05, 3.63) is 0 Å². The van der Waals surface area contributed by atoms with Crippen molar-refractivity contribution in [1.29, 1.82) is 0 Å². The van der Waals surface area contributed by atoms with E-state index in [1.165, 1.54) is 0 Å². The molecule has 0 heterocycles. The van der Waals surface area contributed by atoms with Crippen LogP contribution in [0.5, 0.6) is 0 Å². The van der Waals surface area contributed by atoms with Gasteiger partial charge in [-0.25, -0.2) is 0 Å². The third-order valence-electron chi connectivity index (χ3n) is 1.62. The topological polar surface area (TPSA) is 70.6 Å². The monoisotopic (exact) mass is 169 g/mol. The van der Waals surface area contributed by atoms with Crippen molar-refractivity contribution in [1.82, 2.24) is 5.32 Å². The van der Waals surface area contributed by atoms with Crippen LogP contribution in [-0.2, 0) is 0 Å². The van der Waals surface area contributed by atoms with E-state index in [-0.39, 0.29) is 17.9 Å². The number of rotatable bonds is 4. The van der Waals surface area contributed by atoms with Crippen molar-refractivity contribution in [2.24, 2.45) is 10.9 Å². The summed E-state index contributed by atoms with van der Waals surface area (Å²) >= 11 is 0. The van der Waals surface area contributed by atoms with Crippen LogP contribution in [0.1, 0.15) is 20.3 Å². The molecule has 0 rings (SSSR count). The number of nitrogens with zero attached hydrogens (tertiary/aromatic N) is 1. The maximum Gasteiger partial charge on any atom is 0.156 e. The minimum Gasteiger partial charge on any atom is -0.409 e. The Morgan fingerprint density at radius 3 is 2.75 bits per heavy atom. The number of hydrogen-bond donors (Lipinski definition) is 3. The maximum absolute atomic E-state index is 8.33. The number of terminal acetylenes is 1. The van der Waals surface area contributed by atoms with E-state index in [0.717, 1.165) is 6.42 Å². The smallest absolute Gasteiger partial charge is 0.156 e. The first-order valence-corrected chi connectivity index (χ1v) is 3.85. The van der Waals surface area contributed by atoms with E-state index in [4.69, 9.17) is 17.4 Å². The Kier molecular flexibility index (Phi) is 4.89. The molecule has 0 saturated carbocycles. The number of nitrogens with two attached hydrogens (primary N) is 1. The minimum atomic E-state index is -0.198. The average Bonchev–Trinajstić information content (AvgIpc) is 2.12. The molecule has 0 aromatic carbocycles. The standard InChI is InChI=1S/C8H15N3O/c1-4-7(5-2)10-6(3)8(9)11-12/h1,6-7,10,12H,5H2,2-3H3,(H2,9,11). The van der Waals surface area contributed by atoms with Crippen LogP contribution in [0.4, 0.5) is 0 Å². The van der Waals surface area contributed by atoms with Crippen LogP contribution in [0.25, 0.3) is 0 Å². The first-order chi connectivity index (χ1) is 5.65. The minimum absolute atomic E-state index is 0.0275. The molecule has 0 aromatic heterocycles. The maximum atomic E-state index is 8.33. The molecular weight excluding hydrogens is 154 g/mol. The van der Waals surface area contributed by atoms with Crippen molar-refractivity contribution in [2.75, 3.05) is 0 Å². The van der Waals surface area contributed by atoms with Gasteiger partial charge >= 0.3 is 0 Å². The zero-order chi connectivity index (χ0) is 9.56. The predicted octanol–water partition coefficient (Wildman–Crippen LogP) is 0.123. The quantitative estimate of drug-likeness (QED) is 0.184. The number of hydrogen-bond acceptors (Lipinski definition) is 3. The summed E-state index contributed by atoms with van der Waals surface area (Å²) in [4.78, 5) is 0. The van der Waals surface area contributed by atoms with Crippen LogP contribution in [0.15, 0.2) is 5.16 Å². The SMILES string of the molecule is C#CC(CC)NC(C)C(N)=NO. The van der Waals surface area contributed by atoms with Crippen molar-refractivity contribution in [2.45, 2.75) is 32.4 Å². The molecule has 0 spiro atoms. The van der Waals surface area contributed by atoms with Gasteiger partial charge < -0.3 is 10.9 Å². The normalized spacial score (nSPS) is 16.6. The average molecular weight is 169 g/mol. The van der Waals surface area contributed by atoms with Gasteiger partial charge in [-0.2, -0.15) is 0 Å². The van der Waals surface area contributed by atoms with Gasteiger partial charge in [0, 0.05) is 0 Å². The Hall–Kier alpha value is -1.21. The Balaban J connectivity index is 4.00. The third kappa shape index (κ3) is 3.26. The summed E-state index contributed by atoms with van der Waals surface area (Å²) < 4.78 is 0. The van der Waals surface area contributed by atoms with E-state index < -0.39 is 0 Å². The zero-order valence-electron chi connectivity index (χ0n) is 7.41. The lowest BCUT2D eigenvalue weighted by atomic mass is 10.2. The Morgan fingerprint density at radius 1 is 1.83 bits per heavy atom. The van der Waals surface area contributed by atoms with E-state index in [0.29, 0.717) is 0 Å². The fourth-order valence-corrected chi connectivity index (χ4v) is 0.758. The molecule has 4 N–H and O–H groups in total. The first-order valence-electron chi connectivity index (χ1n) is 3.85. The highest BCUT2D eigenvalue weighted by molar-refractivity contribution is 5.84. The summed E-state index contributed by atoms with van der Waals surface area (Å²) in [5.74, 6) is 2.70. The molecule has 4 nitrogen and oxygen atoms in total. The second kappa shape index (κ2) is 5.44. The second-order valence-corrected chi connectivity index (χ2v) is 2.54. The number of nitrogens with one attached hydrogen (secondary N) is 1. The van der Waals surface area contributed by atoms with Crippen LogP contribution < -0.4 is 11.1 Å². The van der Waals surface area contributed by atoms with E-state index >= 15 is 0 Å². The lowest BCUT2D eigenvalue weighted by molar-refractivity contribution is 0.314. The fourth-order valence-electron chi connectivity index (χ4n) is 0.758. The molecule has 12 heavy (non-hydrogen) atoms. The zero-order valence-corrected chi connectivity index (χ0v) is 7.41. The Bertz CT molecular complexity index is 195. The van der Waals surface area contributed by atoms with Crippen LogP contribution in [0, 0.1) is 12.3 Å². The Morgan fingerprint density at radius 2 is 2.42 bits per heavy atom. The highest BCUT2D eigenvalue weighted by atomic mass is 16.4. The molecule has 0 saturated heterocycles. The van der Waals surface area contributed by atoms with Crippen LogP contribution in [0.3, 0.4) is 0 Å². The molecule has 68 valence electrons. The molecule has 0 fully saturated rings. The first kappa shape index (κ1) is 10.8. The van der Waals surface area contributed by atoms with E-state index in [1.807, 2.05) is 6.92 Å². The van der Waals surface area contributed by atoms with Crippen molar-refractivity contribution in [3.63, 3.8) is 0 Å². The molecule has 0 aromatic rings. The molecule has 0 aliphatic carbocycles. The fraction of sp³-hybridized carbons (Fsp3) is 0.625. The summed E-state index contributed by atoms with van der Waals surface area (Å²) in [7, 11) is 0. The summed E-state index contributed by atoms with van der Waals surface area (Å²) in [6, 6.07) is -0.226. The lowest BCUT2D eigenvalue weighted by Crippen LogP contribution is -2.43. The van der Waals surface area contributed by atoms with Gasteiger partial charge in [-0.3, -0.25) is 5.32 Å².